The van der Waals surface area contributed by atoms with Crippen LogP contribution in [0, 0.1) is 6.92 Å². The summed E-state index contributed by atoms with van der Waals surface area (Å²) in [6, 6.07) is 18.4. The summed E-state index contributed by atoms with van der Waals surface area (Å²) in [6.45, 7) is 4.25. The lowest BCUT2D eigenvalue weighted by atomic mass is 10.0. The van der Waals surface area contributed by atoms with E-state index in [0.29, 0.717) is 43.2 Å². The lowest BCUT2D eigenvalue weighted by molar-refractivity contribution is -0.122. The van der Waals surface area contributed by atoms with E-state index in [2.05, 4.69) is 15.2 Å². The van der Waals surface area contributed by atoms with Crippen LogP contribution in [-0.2, 0) is 4.79 Å². The van der Waals surface area contributed by atoms with Gasteiger partial charge in [0.05, 0.1) is 12.8 Å². The van der Waals surface area contributed by atoms with Crippen molar-refractivity contribution < 1.29 is 14.3 Å². The van der Waals surface area contributed by atoms with Crippen molar-refractivity contribution in [1.82, 2.24) is 14.8 Å². The maximum absolute atomic E-state index is 13.5. The summed E-state index contributed by atoms with van der Waals surface area (Å²) < 4.78 is 5.44. The molecule has 0 unspecified atom stereocenters. The largest absolute Gasteiger partial charge is 0.495 e. The first-order chi connectivity index (χ1) is 16.1. The highest BCUT2D eigenvalue weighted by molar-refractivity contribution is 5.97. The van der Waals surface area contributed by atoms with Crippen LogP contribution in [0.2, 0.25) is 0 Å². The molecule has 33 heavy (non-hydrogen) atoms. The fraction of sp³-hybridized carbons (Fsp3) is 0.269. The number of benzene rings is 2. The third-order valence-electron chi connectivity index (χ3n) is 5.87. The van der Waals surface area contributed by atoms with Crippen LogP contribution in [0.3, 0.4) is 0 Å². The lowest BCUT2D eigenvalue weighted by Crippen LogP contribution is -2.51. The zero-order valence-corrected chi connectivity index (χ0v) is 18.9. The smallest absolute Gasteiger partial charge is 0.254 e. The minimum Gasteiger partial charge on any atom is -0.495 e. The van der Waals surface area contributed by atoms with Gasteiger partial charge < -0.3 is 15.0 Å². The normalized spacial score (nSPS) is 15.0. The molecule has 7 heteroatoms. The molecule has 3 aromatic rings. The Labute approximate surface area is 194 Å². The van der Waals surface area contributed by atoms with Crippen molar-refractivity contribution in [3.8, 4) is 5.75 Å². The second-order valence-corrected chi connectivity index (χ2v) is 8.07. The van der Waals surface area contributed by atoms with Crippen molar-refractivity contribution in [2.75, 3.05) is 38.6 Å². The van der Waals surface area contributed by atoms with Gasteiger partial charge in [-0.2, -0.15) is 0 Å². The highest BCUT2D eigenvalue weighted by Crippen LogP contribution is 2.29. The van der Waals surface area contributed by atoms with Crippen LogP contribution < -0.4 is 10.1 Å². The van der Waals surface area contributed by atoms with E-state index in [4.69, 9.17) is 4.74 Å². The van der Waals surface area contributed by atoms with Crippen LogP contribution >= 0.6 is 0 Å². The number of aromatic nitrogens is 1. The van der Waals surface area contributed by atoms with Gasteiger partial charge in [-0.25, -0.2) is 0 Å². The summed E-state index contributed by atoms with van der Waals surface area (Å²) in [5.41, 5.74) is 3.22. The SMILES string of the molecule is COc1ccc(C)cc1NC(=O)[C@@H](c1ccccc1)N1CCN(C(=O)c2ccncc2)CC1. The fourth-order valence-electron chi connectivity index (χ4n) is 4.14. The molecule has 0 aliphatic carbocycles. The molecule has 2 heterocycles. The molecule has 0 saturated carbocycles. The predicted molar refractivity (Wildman–Crippen MR) is 127 cm³/mol. The monoisotopic (exact) mass is 444 g/mol. The number of amides is 2. The van der Waals surface area contributed by atoms with Gasteiger partial charge in [0.2, 0.25) is 5.91 Å². The second kappa shape index (κ2) is 10.3. The third-order valence-corrected chi connectivity index (χ3v) is 5.87. The fourth-order valence-corrected chi connectivity index (χ4v) is 4.14. The molecular weight excluding hydrogens is 416 g/mol. The average molecular weight is 445 g/mol. The number of nitrogens with zero attached hydrogens (tertiary/aromatic N) is 3. The van der Waals surface area contributed by atoms with E-state index in [9.17, 15) is 9.59 Å². The zero-order valence-electron chi connectivity index (χ0n) is 18.9. The van der Waals surface area contributed by atoms with Gasteiger partial charge in [-0.1, -0.05) is 36.4 Å². The first kappa shape index (κ1) is 22.5. The Balaban J connectivity index is 1.52. The van der Waals surface area contributed by atoms with Gasteiger partial charge in [-0.15, -0.1) is 0 Å². The van der Waals surface area contributed by atoms with Crippen molar-refractivity contribution in [3.05, 3.63) is 89.7 Å². The molecule has 1 aromatic heterocycles. The maximum atomic E-state index is 13.5. The molecule has 1 atom stereocenters. The van der Waals surface area contributed by atoms with E-state index in [-0.39, 0.29) is 11.8 Å². The maximum Gasteiger partial charge on any atom is 0.254 e. The van der Waals surface area contributed by atoms with Gasteiger partial charge >= 0.3 is 0 Å². The van der Waals surface area contributed by atoms with Gasteiger partial charge in [0.1, 0.15) is 11.8 Å². The van der Waals surface area contributed by atoms with Gasteiger partial charge in [-0.05, 0) is 42.3 Å². The summed E-state index contributed by atoms with van der Waals surface area (Å²) in [5, 5.41) is 3.06. The predicted octanol–water partition coefficient (Wildman–Crippen LogP) is 3.54. The number of carbonyl (C=O) groups is 2. The van der Waals surface area contributed by atoms with Gasteiger partial charge in [0.25, 0.3) is 5.91 Å². The van der Waals surface area contributed by atoms with Gasteiger partial charge in [0.15, 0.2) is 0 Å². The Morgan fingerprint density at radius 1 is 0.970 bits per heavy atom. The summed E-state index contributed by atoms with van der Waals surface area (Å²) in [5.74, 6) is 0.481. The van der Waals surface area contributed by atoms with Crippen molar-refractivity contribution in [2.45, 2.75) is 13.0 Å². The average Bonchev–Trinajstić information content (AvgIpc) is 2.85. The minimum atomic E-state index is -0.477. The van der Waals surface area contributed by atoms with Crippen LogP contribution in [0.4, 0.5) is 5.69 Å². The first-order valence-corrected chi connectivity index (χ1v) is 11.0. The lowest BCUT2D eigenvalue weighted by Gasteiger charge is -2.38. The van der Waals surface area contributed by atoms with Crippen LogP contribution in [-0.4, -0.2) is 59.9 Å². The quantitative estimate of drug-likeness (QED) is 0.630. The molecule has 7 nitrogen and oxygen atoms in total. The molecule has 1 aliphatic heterocycles. The first-order valence-electron chi connectivity index (χ1n) is 11.0. The molecule has 1 aliphatic rings. The number of carbonyl (C=O) groups excluding carboxylic acids is 2. The van der Waals surface area contributed by atoms with Crippen LogP contribution in [0.5, 0.6) is 5.75 Å². The molecule has 2 amide bonds. The molecule has 1 N–H and O–H groups in total. The van der Waals surface area contributed by atoms with Crippen molar-refractivity contribution in [2.24, 2.45) is 0 Å². The summed E-state index contributed by atoms with van der Waals surface area (Å²) >= 11 is 0. The molecule has 2 aromatic carbocycles. The molecule has 4 rings (SSSR count). The number of rotatable bonds is 6. The van der Waals surface area contributed by atoms with E-state index < -0.39 is 6.04 Å². The number of pyridine rings is 1. The molecular formula is C26H28N4O3. The number of hydrogen-bond acceptors (Lipinski definition) is 5. The third kappa shape index (κ3) is 5.21. The number of piperazine rings is 1. The Morgan fingerprint density at radius 3 is 2.33 bits per heavy atom. The Bertz CT molecular complexity index is 1100. The minimum absolute atomic E-state index is 0.0118. The number of aryl methyl sites for hydroxylation is 1. The number of hydrogen-bond donors (Lipinski definition) is 1. The zero-order chi connectivity index (χ0) is 23.2. The molecule has 1 saturated heterocycles. The summed E-state index contributed by atoms with van der Waals surface area (Å²) in [4.78, 5) is 34.3. The second-order valence-electron chi connectivity index (χ2n) is 8.07. The Hall–Kier alpha value is -3.71. The van der Waals surface area contributed by atoms with Crippen LogP contribution in [0.1, 0.15) is 27.5 Å². The molecule has 0 radical (unpaired) electrons. The number of anilines is 1. The summed E-state index contributed by atoms with van der Waals surface area (Å²) in [7, 11) is 1.59. The van der Waals surface area contributed by atoms with E-state index in [1.807, 2.05) is 60.4 Å². The highest BCUT2D eigenvalue weighted by atomic mass is 16.5. The van der Waals surface area contributed by atoms with Gasteiger partial charge in [-0.3, -0.25) is 19.5 Å². The highest BCUT2D eigenvalue weighted by Gasteiger charge is 2.32. The van der Waals surface area contributed by atoms with Crippen molar-refractivity contribution >= 4 is 17.5 Å². The summed E-state index contributed by atoms with van der Waals surface area (Å²) in [6.07, 6.45) is 3.25. The van der Waals surface area contributed by atoms with E-state index >= 15 is 0 Å². The molecule has 170 valence electrons. The van der Waals surface area contributed by atoms with Crippen molar-refractivity contribution in [1.29, 1.82) is 0 Å². The number of methoxy groups -OCH3 is 1. The van der Waals surface area contributed by atoms with Crippen LogP contribution in [0.15, 0.2) is 73.1 Å². The van der Waals surface area contributed by atoms with Crippen LogP contribution in [0.25, 0.3) is 0 Å². The van der Waals surface area contributed by atoms with Gasteiger partial charge in [0, 0.05) is 44.1 Å². The topological polar surface area (TPSA) is 74.8 Å². The molecule has 0 spiro atoms. The van der Waals surface area contributed by atoms with Crippen molar-refractivity contribution in [3.63, 3.8) is 0 Å². The molecule has 1 fully saturated rings. The Kier molecular flexibility index (Phi) is 7.00. The molecule has 0 bridgehead atoms. The van der Waals surface area contributed by atoms with E-state index in [0.717, 1.165) is 11.1 Å². The number of nitrogens with one attached hydrogen (secondary N) is 1. The number of ether oxygens (including phenoxy) is 1. The standard InChI is InChI=1S/C26H28N4O3/c1-19-8-9-23(33-2)22(18-19)28-25(31)24(20-6-4-3-5-7-20)29-14-16-30(17-15-29)26(32)21-10-12-27-13-11-21/h3-13,18,24H,14-17H2,1-2H3,(H,28,31)/t24-/m1/s1. The van der Waals surface area contributed by atoms with E-state index in [1.165, 1.54) is 0 Å². The Morgan fingerprint density at radius 2 is 1.67 bits per heavy atom. The van der Waals surface area contributed by atoms with E-state index in [1.54, 1.807) is 31.6 Å².